The molecule has 2 heterocycles. The summed E-state index contributed by atoms with van der Waals surface area (Å²) in [7, 11) is 0. The Morgan fingerprint density at radius 3 is 2.53 bits per heavy atom. The average Bonchev–Trinajstić information content (AvgIpc) is 2.88. The molecule has 7 nitrogen and oxygen atoms in total. The lowest BCUT2D eigenvalue weighted by molar-refractivity contribution is -0.274. The number of amidine groups is 1. The van der Waals surface area contributed by atoms with Gasteiger partial charge in [0.25, 0.3) is 5.91 Å². The Morgan fingerprint density at radius 2 is 1.93 bits per heavy atom. The van der Waals surface area contributed by atoms with Gasteiger partial charge in [-0.3, -0.25) is 9.79 Å². The molecular formula is C20H24F3N3O4. The standard InChI is InChI=1S/C20H24F3N3O4/c1-12-11-19(9-10-26(12)17(28)30-18(2,3)4)16(27)24-15(25-19)13-7-5-6-8-14(13)29-20(21,22)23/h5-8,12H,9-11H2,1-4H3,(H,24,25,27)/t12-,19+/m0/s1. The van der Waals surface area contributed by atoms with Gasteiger partial charge in [0.15, 0.2) is 0 Å². The maximum atomic E-state index is 12.8. The minimum atomic E-state index is -4.87. The third kappa shape index (κ3) is 4.68. The summed E-state index contributed by atoms with van der Waals surface area (Å²) in [6.45, 7) is 7.32. The molecule has 1 spiro atoms. The average molecular weight is 427 g/mol. The molecule has 1 fully saturated rings. The number of hydrogen-bond donors (Lipinski definition) is 1. The second-order valence-corrected chi connectivity index (χ2v) is 8.47. The molecule has 0 saturated carbocycles. The van der Waals surface area contributed by atoms with Crippen LogP contribution in [-0.2, 0) is 9.53 Å². The summed E-state index contributed by atoms with van der Waals surface area (Å²) in [5.74, 6) is -0.826. The number of rotatable bonds is 2. The molecule has 0 aliphatic carbocycles. The zero-order valence-corrected chi connectivity index (χ0v) is 17.2. The van der Waals surface area contributed by atoms with Gasteiger partial charge in [0, 0.05) is 19.0 Å². The number of halogens is 3. The summed E-state index contributed by atoms with van der Waals surface area (Å²) in [5, 5.41) is 2.59. The highest BCUT2D eigenvalue weighted by Gasteiger charge is 2.50. The van der Waals surface area contributed by atoms with Gasteiger partial charge in [0.2, 0.25) is 0 Å². The number of aliphatic imine (C=N–C) groups is 1. The number of amides is 2. The first-order chi connectivity index (χ1) is 13.8. The number of para-hydroxylation sites is 1. The predicted molar refractivity (Wildman–Crippen MR) is 102 cm³/mol. The number of ether oxygens (including phenoxy) is 2. The molecule has 0 aromatic heterocycles. The number of carbonyl (C=O) groups excluding carboxylic acids is 2. The van der Waals surface area contributed by atoms with Gasteiger partial charge in [-0.1, -0.05) is 12.1 Å². The lowest BCUT2D eigenvalue weighted by atomic mass is 9.84. The highest BCUT2D eigenvalue weighted by atomic mass is 19.4. The van der Waals surface area contributed by atoms with E-state index in [0.717, 1.165) is 6.07 Å². The van der Waals surface area contributed by atoms with E-state index in [1.165, 1.54) is 23.1 Å². The lowest BCUT2D eigenvalue weighted by Gasteiger charge is -2.40. The highest BCUT2D eigenvalue weighted by molar-refractivity contribution is 6.16. The molecule has 1 aromatic carbocycles. The van der Waals surface area contributed by atoms with Crippen LogP contribution in [0.15, 0.2) is 29.3 Å². The minimum absolute atomic E-state index is 0.0257. The number of carbonyl (C=O) groups is 2. The zero-order chi connectivity index (χ0) is 22.3. The van der Waals surface area contributed by atoms with Gasteiger partial charge in [-0.25, -0.2) is 4.79 Å². The second-order valence-electron chi connectivity index (χ2n) is 8.47. The molecule has 1 N–H and O–H groups in total. The van der Waals surface area contributed by atoms with Crippen molar-refractivity contribution in [3.05, 3.63) is 29.8 Å². The Kier molecular flexibility index (Phi) is 5.46. The molecule has 0 unspecified atom stereocenters. The quantitative estimate of drug-likeness (QED) is 0.782. The Balaban J connectivity index is 1.83. The molecule has 164 valence electrons. The van der Waals surface area contributed by atoms with E-state index < -0.39 is 35.3 Å². The van der Waals surface area contributed by atoms with Crippen molar-refractivity contribution in [1.82, 2.24) is 10.2 Å². The summed E-state index contributed by atoms with van der Waals surface area (Å²) in [6, 6.07) is 5.16. The Labute approximate surface area is 172 Å². The summed E-state index contributed by atoms with van der Waals surface area (Å²) >= 11 is 0. The van der Waals surface area contributed by atoms with Gasteiger partial charge in [-0.15, -0.1) is 13.2 Å². The normalized spacial score (nSPS) is 24.5. The van der Waals surface area contributed by atoms with Crippen LogP contribution in [-0.4, -0.2) is 52.8 Å². The van der Waals surface area contributed by atoms with E-state index in [-0.39, 0.29) is 36.8 Å². The summed E-state index contributed by atoms with van der Waals surface area (Å²) in [4.78, 5) is 31.2. The monoisotopic (exact) mass is 427 g/mol. The second kappa shape index (κ2) is 7.48. The maximum Gasteiger partial charge on any atom is 0.573 e. The molecular weight excluding hydrogens is 403 g/mol. The first-order valence-electron chi connectivity index (χ1n) is 9.56. The van der Waals surface area contributed by atoms with E-state index in [9.17, 15) is 22.8 Å². The molecule has 3 rings (SSSR count). The molecule has 1 saturated heterocycles. The van der Waals surface area contributed by atoms with Crippen LogP contribution in [0.25, 0.3) is 0 Å². The molecule has 0 bridgehead atoms. The fourth-order valence-electron chi connectivity index (χ4n) is 3.65. The van der Waals surface area contributed by atoms with Gasteiger partial charge >= 0.3 is 12.5 Å². The Hall–Kier alpha value is -2.78. The van der Waals surface area contributed by atoms with Gasteiger partial charge in [-0.2, -0.15) is 0 Å². The number of benzene rings is 1. The number of nitrogens with zero attached hydrogens (tertiary/aromatic N) is 2. The summed E-state index contributed by atoms with van der Waals surface area (Å²) in [5.41, 5.74) is -1.76. The van der Waals surface area contributed by atoms with E-state index in [0.29, 0.717) is 0 Å². The van der Waals surface area contributed by atoms with Crippen molar-refractivity contribution >= 4 is 17.8 Å². The van der Waals surface area contributed by atoms with Crippen LogP contribution in [0.1, 0.15) is 46.1 Å². The summed E-state index contributed by atoms with van der Waals surface area (Å²) < 4.78 is 47.6. The van der Waals surface area contributed by atoms with Crippen LogP contribution in [0.5, 0.6) is 5.75 Å². The van der Waals surface area contributed by atoms with Crippen LogP contribution in [0.2, 0.25) is 0 Å². The molecule has 2 atom stereocenters. The lowest BCUT2D eigenvalue weighted by Crippen LogP contribution is -2.55. The number of piperidine rings is 1. The fraction of sp³-hybridized carbons (Fsp3) is 0.550. The smallest absolute Gasteiger partial charge is 0.444 e. The van der Waals surface area contributed by atoms with Gasteiger partial charge in [0.05, 0.1) is 5.56 Å². The highest BCUT2D eigenvalue weighted by Crippen LogP contribution is 2.36. The van der Waals surface area contributed by atoms with Crippen molar-refractivity contribution in [2.45, 2.75) is 64.1 Å². The molecule has 2 amide bonds. The van der Waals surface area contributed by atoms with Crippen LogP contribution >= 0.6 is 0 Å². The van der Waals surface area contributed by atoms with E-state index in [1.54, 1.807) is 27.7 Å². The topological polar surface area (TPSA) is 80.2 Å². The number of nitrogens with one attached hydrogen (secondary N) is 1. The Bertz CT molecular complexity index is 879. The maximum absolute atomic E-state index is 12.8. The Morgan fingerprint density at radius 1 is 1.27 bits per heavy atom. The first-order valence-corrected chi connectivity index (χ1v) is 9.56. The van der Waals surface area contributed by atoms with Gasteiger partial charge in [0.1, 0.15) is 22.7 Å². The van der Waals surface area contributed by atoms with Crippen LogP contribution in [0, 0.1) is 0 Å². The summed E-state index contributed by atoms with van der Waals surface area (Å²) in [6.07, 6.45) is -4.89. The molecule has 2 aliphatic rings. The van der Waals surface area contributed by atoms with E-state index in [2.05, 4.69) is 15.0 Å². The van der Waals surface area contributed by atoms with E-state index >= 15 is 0 Å². The largest absolute Gasteiger partial charge is 0.573 e. The van der Waals surface area contributed by atoms with Crippen molar-refractivity contribution in [2.24, 2.45) is 4.99 Å². The SMILES string of the molecule is C[C@H]1C[C@@]2(CCN1C(=O)OC(C)(C)C)N=C(c1ccccc1OC(F)(F)F)NC2=O. The number of alkyl halides is 3. The fourth-order valence-corrected chi connectivity index (χ4v) is 3.65. The number of hydrogen-bond acceptors (Lipinski definition) is 5. The van der Waals surface area contributed by atoms with Crippen molar-refractivity contribution in [2.75, 3.05) is 6.54 Å². The molecule has 10 heteroatoms. The molecule has 0 radical (unpaired) electrons. The number of likely N-dealkylation sites (tertiary alicyclic amines) is 1. The first kappa shape index (κ1) is 21.9. The third-order valence-corrected chi connectivity index (χ3v) is 4.91. The van der Waals surface area contributed by atoms with Crippen LogP contribution < -0.4 is 10.1 Å². The van der Waals surface area contributed by atoms with Gasteiger partial charge < -0.3 is 19.7 Å². The van der Waals surface area contributed by atoms with Gasteiger partial charge in [-0.05, 0) is 46.2 Å². The van der Waals surface area contributed by atoms with E-state index in [1.807, 2.05) is 0 Å². The predicted octanol–water partition coefficient (Wildman–Crippen LogP) is 3.62. The van der Waals surface area contributed by atoms with Crippen molar-refractivity contribution in [3.63, 3.8) is 0 Å². The van der Waals surface area contributed by atoms with Crippen LogP contribution in [0.3, 0.4) is 0 Å². The zero-order valence-electron chi connectivity index (χ0n) is 17.2. The molecule has 30 heavy (non-hydrogen) atoms. The third-order valence-electron chi connectivity index (χ3n) is 4.91. The van der Waals surface area contributed by atoms with Crippen LogP contribution in [0.4, 0.5) is 18.0 Å². The van der Waals surface area contributed by atoms with Crippen molar-refractivity contribution in [3.8, 4) is 5.75 Å². The van der Waals surface area contributed by atoms with Crippen molar-refractivity contribution < 1.29 is 32.2 Å². The molecule has 2 aliphatic heterocycles. The minimum Gasteiger partial charge on any atom is -0.444 e. The van der Waals surface area contributed by atoms with E-state index in [4.69, 9.17) is 4.74 Å². The van der Waals surface area contributed by atoms with Crippen molar-refractivity contribution in [1.29, 1.82) is 0 Å². The molecule has 1 aromatic rings.